The third kappa shape index (κ3) is 3.42. The summed E-state index contributed by atoms with van der Waals surface area (Å²) in [5, 5.41) is 12.4. The van der Waals surface area contributed by atoms with Crippen molar-refractivity contribution < 1.29 is 4.79 Å². The Morgan fingerprint density at radius 3 is 2.48 bits per heavy atom. The molecule has 0 fully saturated rings. The van der Waals surface area contributed by atoms with E-state index in [0.29, 0.717) is 16.3 Å². The van der Waals surface area contributed by atoms with E-state index in [1.54, 1.807) is 36.4 Å². The molecule has 106 valence electrons. The molecular formula is C17H15ClN2O. The van der Waals surface area contributed by atoms with E-state index in [9.17, 15) is 4.79 Å². The third-order valence-corrected chi connectivity index (χ3v) is 3.64. The van der Waals surface area contributed by atoms with Gasteiger partial charge in [0.15, 0.2) is 0 Å². The first kappa shape index (κ1) is 15.1. The molecule has 0 atom stereocenters. The van der Waals surface area contributed by atoms with Gasteiger partial charge < -0.3 is 5.32 Å². The average molecular weight is 299 g/mol. The first-order valence-electron chi connectivity index (χ1n) is 6.51. The van der Waals surface area contributed by atoms with Gasteiger partial charge in [-0.25, -0.2) is 0 Å². The number of nitriles is 1. The van der Waals surface area contributed by atoms with Crippen LogP contribution in [0.15, 0.2) is 48.5 Å². The van der Waals surface area contributed by atoms with E-state index < -0.39 is 5.41 Å². The van der Waals surface area contributed by atoms with Gasteiger partial charge in [0.25, 0.3) is 0 Å². The number of nitrogens with zero attached hydrogens (tertiary/aromatic N) is 1. The maximum absolute atomic E-state index is 12.5. The van der Waals surface area contributed by atoms with Gasteiger partial charge in [0, 0.05) is 10.7 Å². The van der Waals surface area contributed by atoms with Crippen LogP contribution in [0.5, 0.6) is 0 Å². The highest BCUT2D eigenvalue weighted by atomic mass is 35.5. The van der Waals surface area contributed by atoms with Crippen LogP contribution in [0.3, 0.4) is 0 Å². The Hall–Kier alpha value is -2.31. The summed E-state index contributed by atoms with van der Waals surface area (Å²) >= 11 is 5.87. The van der Waals surface area contributed by atoms with Crippen LogP contribution in [0.4, 0.5) is 5.69 Å². The number of carbonyl (C=O) groups excluding carboxylic acids is 1. The minimum Gasteiger partial charge on any atom is -0.325 e. The Morgan fingerprint density at radius 1 is 1.19 bits per heavy atom. The maximum Gasteiger partial charge on any atom is 0.234 e. The first-order valence-corrected chi connectivity index (χ1v) is 6.89. The molecule has 1 amide bonds. The van der Waals surface area contributed by atoms with Gasteiger partial charge in [0.05, 0.1) is 17.0 Å². The predicted molar refractivity (Wildman–Crippen MR) is 84.3 cm³/mol. The van der Waals surface area contributed by atoms with Gasteiger partial charge in [-0.15, -0.1) is 0 Å². The maximum atomic E-state index is 12.5. The minimum atomic E-state index is -0.701. The number of nitrogens with one attached hydrogen (secondary N) is 1. The zero-order valence-corrected chi connectivity index (χ0v) is 12.6. The number of halogens is 1. The van der Waals surface area contributed by atoms with Crippen LogP contribution in [-0.2, 0) is 10.2 Å². The second kappa shape index (κ2) is 5.99. The summed E-state index contributed by atoms with van der Waals surface area (Å²) in [6.45, 7) is 3.69. The Bertz CT molecular complexity index is 699. The van der Waals surface area contributed by atoms with Crippen molar-refractivity contribution in [2.75, 3.05) is 5.32 Å². The van der Waals surface area contributed by atoms with E-state index in [0.717, 1.165) is 5.56 Å². The smallest absolute Gasteiger partial charge is 0.234 e. The highest BCUT2D eigenvalue weighted by molar-refractivity contribution is 6.30. The fraction of sp³-hybridized carbons (Fsp3) is 0.176. The van der Waals surface area contributed by atoms with Crippen LogP contribution in [0.25, 0.3) is 0 Å². The monoisotopic (exact) mass is 298 g/mol. The summed E-state index contributed by atoms with van der Waals surface area (Å²) < 4.78 is 0. The van der Waals surface area contributed by atoms with Crippen LogP contribution >= 0.6 is 11.6 Å². The van der Waals surface area contributed by atoms with Crippen molar-refractivity contribution in [1.29, 1.82) is 5.26 Å². The van der Waals surface area contributed by atoms with Crippen molar-refractivity contribution in [2.45, 2.75) is 19.3 Å². The van der Waals surface area contributed by atoms with Crippen molar-refractivity contribution in [1.82, 2.24) is 0 Å². The Labute approximate surface area is 129 Å². The van der Waals surface area contributed by atoms with Crippen LogP contribution < -0.4 is 5.32 Å². The number of hydrogen-bond acceptors (Lipinski definition) is 2. The van der Waals surface area contributed by atoms with E-state index in [-0.39, 0.29) is 5.91 Å². The number of rotatable bonds is 3. The SMILES string of the molecule is CC(C)(C(=O)Nc1cccc(C#N)c1)c1ccc(Cl)cc1. The van der Waals surface area contributed by atoms with Gasteiger partial charge in [-0.3, -0.25) is 4.79 Å². The molecule has 2 aromatic rings. The lowest BCUT2D eigenvalue weighted by atomic mass is 9.83. The molecule has 1 N–H and O–H groups in total. The molecule has 0 saturated heterocycles. The van der Waals surface area contributed by atoms with Gasteiger partial charge in [0.1, 0.15) is 0 Å². The molecule has 0 spiro atoms. The molecule has 2 aromatic carbocycles. The lowest BCUT2D eigenvalue weighted by Gasteiger charge is -2.24. The molecule has 3 nitrogen and oxygen atoms in total. The second-order valence-electron chi connectivity index (χ2n) is 5.28. The molecule has 0 radical (unpaired) electrons. The fourth-order valence-electron chi connectivity index (χ4n) is 1.95. The summed E-state index contributed by atoms with van der Waals surface area (Å²) in [5.41, 5.74) is 1.30. The zero-order valence-electron chi connectivity index (χ0n) is 11.9. The standard InChI is InChI=1S/C17H15ClN2O/c1-17(2,13-6-8-14(18)9-7-13)16(21)20-15-5-3-4-12(10-15)11-19/h3-10H,1-2H3,(H,20,21). The van der Waals surface area contributed by atoms with Crippen molar-refractivity contribution in [3.05, 3.63) is 64.7 Å². The molecule has 0 aromatic heterocycles. The summed E-state index contributed by atoms with van der Waals surface area (Å²) in [6.07, 6.45) is 0. The largest absolute Gasteiger partial charge is 0.325 e. The van der Waals surface area contributed by atoms with Crippen molar-refractivity contribution in [2.24, 2.45) is 0 Å². The van der Waals surface area contributed by atoms with Gasteiger partial charge >= 0.3 is 0 Å². The van der Waals surface area contributed by atoms with Gasteiger partial charge in [-0.1, -0.05) is 29.8 Å². The second-order valence-corrected chi connectivity index (χ2v) is 5.72. The van der Waals surface area contributed by atoms with Gasteiger partial charge in [0.2, 0.25) is 5.91 Å². The molecule has 0 aliphatic rings. The molecule has 0 bridgehead atoms. The Morgan fingerprint density at radius 2 is 1.86 bits per heavy atom. The predicted octanol–water partition coefficient (Wildman–Crippen LogP) is 4.13. The van der Waals surface area contributed by atoms with Gasteiger partial charge in [-0.05, 0) is 49.7 Å². The number of anilines is 1. The number of hydrogen-bond donors (Lipinski definition) is 1. The van der Waals surface area contributed by atoms with Crippen molar-refractivity contribution in [3.8, 4) is 6.07 Å². The molecular weight excluding hydrogens is 284 g/mol. The Kier molecular flexibility index (Phi) is 4.30. The van der Waals surface area contributed by atoms with Crippen LogP contribution in [0.2, 0.25) is 5.02 Å². The molecule has 2 rings (SSSR count). The van der Waals surface area contributed by atoms with Crippen molar-refractivity contribution >= 4 is 23.2 Å². The van der Waals surface area contributed by atoms with E-state index in [1.807, 2.05) is 26.0 Å². The third-order valence-electron chi connectivity index (χ3n) is 3.38. The quantitative estimate of drug-likeness (QED) is 0.926. The molecule has 0 heterocycles. The summed E-state index contributed by atoms with van der Waals surface area (Å²) in [7, 11) is 0. The van der Waals surface area contributed by atoms with E-state index in [4.69, 9.17) is 16.9 Å². The molecule has 21 heavy (non-hydrogen) atoms. The number of benzene rings is 2. The summed E-state index contributed by atoms with van der Waals surface area (Å²) in [6, 6.07) is 16.1. The lowest BCUT2D eigenvalue weighted by Crippen LogP contribution is -2.34. The molecule has 0 saturated carbocycles. The zero-order chi connectivity index (χ0) is 15.5. The topological polar surface area (TPSA) is 52.9 Å². The fourth-order valence-corrected chi connectivity index (χ4v) is 2.08. The van der Waals surface area contributed by atoms with Crippen LogP contribution in [0, 0.1) is 11.3 Å². The van der Waals surface area contributed by atoms with Crippen molar-refractivity contribution in [3.63, 3.8) is 0 Å². The average Bonchev–Trinajstić information content (AvgIpc) is 2.48. The van der Waals surface area contributed by atoms with Crippen LogP contribution in [0.1, 0.15) is 25.0 Å². The summed E-state index contributed by atoms with van der Waals surface area (Å²) in [5.74, 6) is -0.139. The molecule has 0 aliphatic carbocycles. The molecule has 4 heteroatoms. The highest BCUT2D eigenvalue weighted by Gasteiger charge is 2.29. The first-order chi connectivity index (χ1) is 9.93. The highest BCUT2D eigenvalue weighted by Crippen LogP contribution is 2.26. The minimum absolute atomic E-state index is 0.139. The van der Waals surface area contributed by atoms with E-state index in [2.05, 4.69) is 11.4 Å². The lowest BCUT2D eigenvalue weighted by molar-refractivity contribution is -0.120. The number of amides is 1. The van der Waals surface area contributed by atoms with Crippen LogP contribution in [-0.4, -0.2) is 5.91 Å². The molecule has 0 unspecified atom stereocenters. The normalized spacial score (nSPS) is 10.8. The van der Waals surface area contributed by atoms with E-state index >= 15 is 0 Å². The molecule has 0 aliphatic heterocycles. The van der Waals surface area contributed by atoms with E-state index in [1.165, 1.54) is 0 Å². The summed E-state index contributed by atoms with van der Waals surface area (Å²) in [4.78, 5) is 12.5. The number of carbonyl (C=O) groups is 1. The van der Waals surface area contributed by atoms with Gasteiger partial charge in [-0.2, -0.15) is 5.26 Å². The Balaban J connectivity index is 2.22.